The number of aromatic nitrogens is 3. The van der Waals surface area contributed by atoms with Crippen LogP contribution in [0.2, 0.25) is 0 Å². The van der Waals surface area contributed by atoms with Gasteiger partial charge in [-0.3, -0.25) is 4.79 Å². The predicted octanol–water partition coefficient (Wildman–Crippen LogP) is 2.99. The van der Waals surface area contributed by atoms with Crippen LogP contribution in [0, 0.1) is 0 Å². The largest absolute Gasteiger partial charge is 0.369 e. The average molecular weight is 326 g/mol. The van der Waals surface area contributed by atoms with Gasteiger partial charge in [0.2, 0.25) is 5.91 Å². The summed E-state index contributed by atoms with van der Waals surface area (Å²) in [4.78, 5) is 16.7. The van der Waals surface area contributed by atoms with Crippen LogP contribution in [0.3, 0.4) is 0 Å². The molecule has 2 aromatic heterocycles. The van der Waals surface area contributed by atoms with Gasteiger partial charge in [-0.1, -0.05) is 48.5 Å². The highest BCUT2D eigenvalue weighted by Crippen LogP contribution is 2.48. The molecule has 1 unspecified atom stereocenters. The van der Waals surface area contributed by atoms with E-state index in [4.69, 9.17) is 5.73 Å². The second-order valence-electron chi connectivity index (χ2n) is 6.13. The van der Waals surface area contributed by atoms with E-state index in [1.807, 2.05) is 66.9 Å². The summed E-state index contributed by atoms with van der Waals surface area (Å²) >= 11 is 0. The zero-order valence-electron chi connectivity index (χ0n) is 13.3. The highest BCUT2D eigenvalue weighted by molar-refractivity contribution is 5.99. The van der Waals surface area contributed by atoms with Crippen molar-refractivity contribution in [1.29, 1.82) is 0 Å². The first-order valence-corrected chi connectivity index (χ1v) is 8.07. The van der Waals surface area contributed by atoms with Gasteiger partial charge >= 0.3 is 0 Å². The number of benzene rings is 2. The number of nitrogens with zero attached hydrogens (tertiary/aromatic N) is 3. The van der Waals surface area contributed by atoms with Gasteiger partial charge in [0, 0.05) is 11.8 Å². The Morgan fingerprint density at radius 1 is 0.920 bits per heavy atom. The van der Waals surface area contributed by atoms with Crippen LogP contribution in [0.25, 0.3) is 28.2 Å². The third-order valence-electron chi connectivity index (χ3n) is 4.72. The van der Waals surface area contributed by atoms with E-state index in [2.05, 4.69) is 10.1 Å². The molecule has 5 nitrogen and oxygen atoms in total. The molecule has 120 valence electrons. The molecule has 5 heteroatoms. The molecule has 0 aliphatic heterocycles. The minimum absolute atomic E-state index is 0.341. The third kappa shape index (κ3) is 1.92. The van der Waals surface area contributed by atoms with E-state index >= 15 is 0 Å². The number of fused-ring (bicyclic) bond motifs is 4. The van der Waals surface area contributed by atoms with Crippen molar-refractivity contribution < 1.29 is 4.79 Å². The van der Waals surface area contributed by atoms with Gasteiger partial charge in [-0.25, -0.2) is 9.50 Å². The molecular formula is C20H14N4O. The van der Waals surface area contributed by atoms with E-state index in [-0.39, 0.29) is 5.91 Å². The molecule has 0 radical (unpaired) electrons. The fourth-order valence-corrected chi connectivity index (χ4v) is 3.69. The lowest BCUT2D eigenvalue weighted by atomic mass is 9.95. The molecule has 2 N–H and O–H groups in total. The number of pyridine rings is 1. The third-order valence-corrected chi connectivity index (χ3v) is 4.72. The monoisotopic (exact) mass is 326 g/mol. The summed E-state index contributed by atoms with van der Waals surface area (Å²) in [7, 11) is 0. The van der Waals surface area contributed by atoms with Gasteiger partial charge in [0.1, 0.15) is 0 Å². The Kier molecular flexibility index (Phi) is 2.79. The zero-order valence-corrected chi connectivity index (χ0v) is 13.3. The number of carbonyl (C=O) groups is 1. The molecule has 0 fully saturated rings. The number of primary amides is 1. The maximum atomic E-state index is 12.1. The molecule has 1 atom stereocenters. The van der Waals surface area contributed by atoms with Gasteiger partial charge in [0.15, 0.2) is 11.5 Å². The van der Waals surface area contributed by atoms with Crippen molar-refractivity contribution >= 4 is 11.6 Å². The molecule has 1 amide bonds. The van der Waals surface area contributed by atoms with Crippen molar-refractivity contribution in [2.24, 2.45) is 5.73 Å². The predicted molar refractivity (Wildman–Crippen MR) is 94.9 cm³/mol. The summed E-state index contributed by atoms with van der Waals surface area (Å²) < 4.78 is 1.75. The SMILES string of the molecule is NC(=O)C1c2ccccc2-c2c(-c3nc4ccccn4n3)cccc21. The molecule has 2 heterocycles. The van der Waals surface area contributed by atoms with Gasteiger partial charge in [0.25, 0.3) is 0 Å². The van der Waals surface area contributed by atoms with Crippen molar-refractivity contribution in [1.82, 2.24) is 14.6 Å². The molecule has 5 rings (SSSR count). The van der Waals surface area contributed by atoms with Gasteiger partial charge in [-0.05, 0) is 34.4 Å². The summed E-state index contributed by atoms with van der Waals surface area (Å²) in [6.45, 7) is 0. The van der Waals surface area contributed by atoms with Crippen molar-refractivity contribution in [2.45, 2.75) is 5.92 Å². The van der Waals surface area contributed by atoms with Gasteiger partial charge in [-0.2, -0.15) is 0 Å². The second kappa shape index (κ2) is 5.01. The number of hydrogen-bond donors (Lipinski definition) is 1. The molecule has 0 bridgehead atoms. The van der Waals surface area contributed by atoms with E-state index in [1.165, 1.54) is 0 Å². The zero-order chi connectivity index (χ0) is 17.0. The van der Waals surface area contributed by atoms with Crippen molar-refractivity contribution in [3.8, 4) is 22.5 Å². The Morgan fingerprint density at radius 3 is 2.52 bits per heavy atom. The summed E-state index contributed by atoms with van der Waals surface area (Å²) in [5.41, 5.74) is 11.3. The summed E-state index contributed by atoms with van der Waals surface area (Å²) in [6, 6.07) is 19.5. The first-order valence-electron chi connectivity index (χ1n) is 8.07. The van der Waals surface area contributed by atoms with Crippen LogP contribution in [-0.4, -0.2) is 20.5 Å². The van der Waals surface area contributed by atoms with E-state index in [0.717, 1.165) is 33.5 Å². The first kappa shape index (κ1) is 13.9. The van der Waals surface area contributed by atoms with E-state index in [9.17, 15) is 4.79 Å². The second-order valence-corrected chi connectivity index (χ2v) is 6.13. The lowest BCUT2D eigenvalue weighted by molar-refractivity contribution is -0.118. The summed E-state index contributed by atoms with van der Waals surface area (Å²) in [6.07, 6.45) is 1.87. The summed E-state index contributed by atoms with van der Waals surface area (Å²) in [5, 5.41) is 4.59. The molecule has 1 aliphatic carbocycles. The van der Waals surface area contributed by atoms with Crippen LogP contribution in [0.4, 0.5) is 0 Å². The van der Waals surface area contributed by atoms with Gasteiger partial charge in [0.05, 0.1) is 5.92 Å². The normalized spacial score (nSPS) is 15.1. The molecule has 0 saturated heterocycles. The number of hydrogen-bond acceptors (Lipinski definition) is 3. The molecular weight excluding hydrogens is 312 g/mol. The number of nitrogens with two attached hydrogens (primary N) is 1. The Morgan fingerprint density at radius 2 is 1.68 bits per heavy atom. The quantitative estimate of drug-likeness (QED) is 0.615. The van der Waals surface area contributed by atoms with Gasteiger partial charge < -0.3 is 5.73 Å². The fraction of sp³-hybridized carbons (Fsp3) is 0.0500. The maximum absolute atomic E-state index is 12.1. The van der Waals surface area contributed by atoms with E-state index in [0.29, 0.717) is 5.82 Å². The molecule has 0 spiro atoms. The minimum atomic E-state index is -0.428. The minimum Gasteiger partial charge on any atom is -0.369 e. The lowest BCUT2D eigenvalue weighted by Gasteiger charge is -2.09. The van der Waals surface area contributed by atoms with E-state index < -0.39 is 5.92 Å². The summed E-state index contributed by atoms with van der Waals surface area (Å²) in [5.74, 6) is -0.127. The fourth-order valence-electron chi connectivity index (χ4n) is 3.69. The molecule has 4 aromatic rings. The van der Waals surface area contributed by atoms with Crippen molar-refractivity contribution in [3.63, 3.8) is 0 Å². The molecule has 25 heavy (non-hydrogen) atoms. The van der Waals surface area contributed by atoms with Crippen LogP contribution in [0.1, 0.15) is 17.0 Å². The van der Waals surface area contributed by atoms with Crippen molar-refractivity contribution in [3.05, 3.63) is 78.0 Å². The van der Waals surface area contributed by atoms with Gasteiger partial charge in [-0.15, -0.1) is 5.10 Å². The smallest absolute Gasteiger partial charge is 0.229 e. The standard InChI is InChI=1S/C20H14N4O/c21-19(25)18-13-7-2-1-6-12(13)17-14(18)8-5-9-15(17)20-22-16-10-3-4-11-24(16)23-20/h1-11,18H,(H2,21,25). The highest BCUT2D eigenvalue weighted by Gasteiger charge is 2.34. The average Bonchev–Trinajstić information content (AvgIpc) is 3.20. The maximum Gasteiger partial charge on any atom is 0.229 e. The number of amides is 1. The Balaban J connectivity index is 1.82. The molecule has 0 saturated carbocycles. The molecule has 1 aliphatic rings. The van der Waals surface area contributed by atoms with Crippen molar-refractivity contribution in [2.75, 3.05) is 0 Å². The topological polar surface area (TPSA) is 73.3 Å². The molecule has 2 aromatic carbocycles. The Labute approximate surface area is 143 Å². The highest BCUT2D eigenvalue weighted by atomic mass is 16.1. The van der Waals surface area contributed by atoms with E-state index in [1.54, 1.807) is 4.52 Å². The Hall–Kier alpha value is -3.47. The van der Waals surface area contributed by atoms with Crippen LogP contribution in [0.5, 0.6) is 0 Å². The Bertz CT molecular complexity index is 1110. The van der Waals surface area contributed by atoms with Crippen LogP contribution >= 0.6 is 0 Å². The van der Waals surface area contributed by atoms with Crippen LogP contribution < -0.4 is 5.73 Å². The number of rotatable bonds is 2. The first-order chi connectivity index (χ1) is 12.2. The van der Waals surface area contributed by atoms with Crippen LogP contribution in [-0.2, 0) is 4.79 Å². The lowest BCUT2D eigenvalue weighted by Crippen LogP contribution is -2.20. The van der Waals surface area contributed by atoms with Crippen LogP contribution in [0.15, 0.2) is 66.9 Å². The number of carbonyl (C=O) groups excluding carboxylic acids is 1.